The standard InChI is InChI=1S/C16H25NO2/c1-5-10-16(3)11-17-12(2)15(19-16)13-6-8-14(18-4)9-7-13/h6-9,12,15,17H,5,10-11H2,1-4H3. The van der Waals surface area contributed by atoms with Gasteiger partial charge < -0.3 is 14.8 Å². The largest absolute Gasteiger partial charge is 0.497 e. The zero-order valence-electron chi connectivity index (χ0n) is 12.4. The molecule has 0 radical (unpaired) electrons. The molecule has 1 saturated heterocycles. The van der Waals surface area contributed by atoms with Crippen molar-refractivity contribution in [3.63, 3.8) is 0 Å². The fraction of sp³-hybridized carbons (Fsp3) is 0.625. The normalized spacial score (nSPS) is 31.2. The van der Waals surface area contributed by atoms with E-state index in [1.807, 2.05) is 12.1 Å². The van der Waals surface area contributed by atoms with Crippen LogP contribution in [-0.4, -0.2) is 25.3 Å². The molecule has 2 rings (SSSR count). The third-order valence-electron chi connectivity index (χ3n) is 3.89. The zero-order chi connectivity index (χ0) is 13.9. The second kappa shape index (κ2) is 5.93. The molecule has 1 aromatic rings. The van der Waals surface area contributed by atoms with E-state index in [1.165, 1.54) is 5.56 Å². The summed E-state index contributed by atoms with van der Waals surface area (Å²) in [6, 6.07) is 8.52. The number of nitrogens with one attached hydrogen (secondary N) is 1. The van der Waals surface area contributed by atoms with Crippen LogP contribution in [0.5, 0.6) is 5.75 Å². The van der Waals surface area contributed by atoms with Crippen molar-refractivity contribution >= 4 is 0 Å². The highest BCUT2D eigenvalue weighted by Gasteiger charge is 2.36. The van der Waals surface area contributed by atoms with Gasteiger partial charge in [0.2, 0.25) is 0 Å². The third kappa shape index (κ3) is 3.28. The first-order valence-electron chi connectivity index (χ1n) is 7.13. The zero-order valence-corrected chi connectivity index (χ0v) is 12.4. The number of benzene rings is 1. The summed E-state index contributed by atoms with van der Waals surface area (Å²) >= 11 is 0. The van der Waals surface area contributed by atoms with Crippen LogP contribution >= 0.6 is 0 Å². The number of rotatable bonds is 4. The van der Waals surface area contributed by atoms with E-state index in [9.17, 15) is 0 Å². The summed E-state index contributed by atoms with van der Waals surface area (Å²) in [6.07, 6.45) is 2.33. The maximum absolute atomic E-state index is 6.38. The van der Waals surface area contributed by atoms with Crippen molar-refractivity contribution in [2.24, 2.45) is 0 Å². The summed E-state index contributed by atoms with van der Waals surface area (Å²) in [7, 11) is 1.69. The fourth-order valence-electron chi connectivity index (χ4n) is 2.76. The SMILES string of the molecule is CCCC1(C)CNC(C)C(c2ccc(OC)cc2)O1. The van der Waals surface area contributed by atoms with Crippen LogP contribution in [0.1, 0.15) is 45.3 Å². The first-order valence-corrected chi connectivity index (χ1v) is 7.13. The van der Waals surface area contributed by atoms with Crippen molar-refractivity contribution < 1.29 is 9.47 Å². The lowest BCUT2D eigenvalue weighted by Crippen LogP contribution is -2.53. The summed E-state index contributed by atoms with van der Waals surface area (Å²) in [4.78, 5) is 0. The first-order chi connectivity index (χ1) is 9.08. The quantitative estimate of drug-likeness (QED) is 0.904. The van der Waals surface area contributed by atoms with E-state index in [4.69, 9.17) is 9.47 Å². The Labute approximate surface area is 116 Å². The second-order valence-electron chi connectivity index (χ2n) is 5.68. The molecule has 3 unspecified atom stereocenters. The van der Waals surface area contributed by atoms with Crippen molar-refractivity contribution in [1.29, 1.82) is 0 Å². The molecule has 0 amide bonds. The smallest absolute Gasteiger partial charge is 0.118 e. The Hall–Kier alpha value is -1.06. The number of hydrogen-bond acceptors (Lipinski definition) is 3. The lowest BCUT2D eigenvalue weighted by Gasteiger charge is -2.43. The molecule has 0 bridgehead atoms. The highest BCUT2D eigenvalue weighted by molar-refractivity contribution is 5.29. The predicted molar refractivity (Wildman–Crippen MR) is 77.6 cm³/mol. The maximum atomic E-state index is 6.38. The molecular weight excluding hydrogens is 238 g/mol. The third-order valence-corrected chi connectivity index (χ3v) is 3.89. The van der Waals surface area contributed by atoms with E-state index in [0.717, 1.165) is 25.1 Å². The Morgan fingerprint density at radius 3 is 2.63 bits per heavy atom. The molecule has 1 fully saturated rings. The highest BCUT2D eigenvalue weighted by Crippen LogP contribution is 2.34. The molecule has 0 saturated carbocycles. The van der Waals surface area contributed by atoms with Gasteiger partial charge in [-0.2, -0.15) is 0 Å². The van der Waals surface area contributed by atoms with E-state index in [1.54, 1.807) is 7.11 Å². The molecule has 19 heavy (non-hydrogen) atoms. The topological polar surface area (TPSA) is 30.5 Å². The van der Waals surface area contributed by atoms with Crippen LogP contribution < -0.4 is 10.1 Å². The molecule has 0 aromatic heterocycles. The second-order valence-corrected chi connectivity index (χ2v) is 5.68. The van der Waals surface area contributed by atoms with Crippen molar-refractivity contribution in [1.82, 2.24) is 5.32 Å². The van der Waals surface area contributed by atoms with Gasteiger partial charge in [0.15, 0.2) is 0 Å². The summed E-state index contributed by atoms with van der Waals surface area (Å²) in [5.41, 5.74) is 1.15. The van der Waals surface area contributed by atoms with Gasteiger partial charge in [0.1, 0.15) is 5.75 Å². The molecule has 0 spiro atoms. The van der Waals surface area contributed by atoms with Crippen LogP contribution in [0.15, 0.2) is 24.3 Å². The Balaban J connectivity index is 2.15. The minimum Gasteiger partial charge on any atom is -0.497 e. The van der Waals surface area contributed by atoms with Gasteiger partial charge in [0.25, 0.3) is 0 Å². The van der Waals surface area contributed by atoms with Gasteiger partial charge in [0.05, 0.1) is 18.8 Å². The van der Waals surface area contributed by atoms with Gasteiger partial charge in [-0.3, -0.25) is 0 Å². The van der Waals surface area contributed by atoms with Gasteiger partial charge >= 0.3 is 0 Å². The molecule has 1 aromatic carbocycles. The molecule has 1 heterocycles. The van der Waals surface area contributed by atoms with Crippen molar-refractivity contribution in [3.05, 3.63) is 29.8 Å². The van der Waals surface area contributed by atoms with Gasteiger partial charge in [-0.25, -0.2) is 0 Å². The van der Waals surface area contributed by atoms with E-state index >= 15 is 0 Å². The summed E-state index contributed by atoms with van der Waals surface area (Å²) < 4.78 is 11.6. The van der Waals surface area contributed by atoms with Crippen LogP contribution in [0.4, 0.5) is 0 Å². The summed E-state index contributed by atoms with van der Waals surface area (Å²) in [6.45, 7) is 7.51. The lowest BCUT2D eigenvalue weighted by atomic mass is 9.93. The number of ether oxygens (including phenoxy) is 2. The number of morpholine rings is 1. The van der Waals surface area contributed by atoms with Crippen LogP contribution in [0.3, 0.4) is 0 Å². The highest BCUT2D eigenvalue weighted by atomic mass is 16.5. The van der Waals surface area contributed by atoms with E-state index < -0.39 is 0 Å². The Kier molecular flexibility index (Phi) is 4.48. The van der Waals surface area contributed by atoms with Crippen LogP contribution in [0.25, 0.3) is 0 Å². The van der Waals surface area contributed by atoms with Gasteiger partial charge in [-0.05, 0) is 38.0 Å². The molecule has 0 aliphatic carbocycles. The lowest BCUT2D eigenvalue weighted by molar-refractivity contribution is -0.129. The van der Waals surface area contributed by atoms with Crippen LogP contribution in [0, 0.1) is 0 Å². The van der Waals surface area contributed by atoms with E-state index in [-0.39, 0.29) is 11.7 Å². The van der Waals surface area contributed by atoms with E-state index in [0.29, 0.717) is 6.04 Å². The average Bonchev–Trinajstić information content (AvgIpc) is 2.42. The van der Waals surface area contributed by atoms with Gasteiger partial charge in [0, 0.05) is 12.6 Å². The molecule has 1 aliphatic rings. The van der Waals surface area contributed by atoms with Crippen molar-refractivity contribution in [2.75, 3.05) is 13.7 Å². The minimum atomic E-state index is -0.0636. The Bertz CT molecular complexity index is 404. The van der Waals surface area contributed by atoms with Gasteiger partial charge in [-0.15, -0.1) is 0 Å². The molecular formula is C16H25NO2. The number of hydrogen-bond donors (Lipinski definition) is 1. The Morgan fingerprint density at radius 2 is 2.05 bits per heavy atom. The Morgan fingerprint density at radius 1 is 1.37 bits per heavy atom. The molecule has 3 atom stereocenters. The van der Waals surface area contributed by atoms with Gasteiger partial charge in [-0.1, -0.05) is 25.5 Å². The summed E-state index contributed by atoms with van der Waals surface area (Å²) in [5.74, 6) is 0.886. The molecule has 1 aliphatic heterocycles. The first kappa shape index (κ1) is 14.4. The van der Waals surface area contributed by atoms with E-state index in [2.05, 4.69) is 38.2 Å². The van der Waals surface area contributed by atoms with Crippen molar-refractivity contribution in [3.8, 4) is 5.75 Å². The monoisotopic (exact) mass is 263 g/mol. The average molecular weight is 263 g/mol. The molecule has 106 valence electrons. The van der Waals surface area contributed by atoms with Crippen LogP contribution in [0.2, 0.25) is 0 Å². The molecule has 1 N–H and O–H groups in total. The minimum absolute atomic E-state index is 0.0636. The van der Waals surface area contributed by atoms with Crippen molar-refractivity contribution in [2.45, 2.75) is 51.4 Å². The maximum Gasteiger partial charge on any atom is 0.118 e. The predicted octanol–water partition coefficient (Wildman–Crippen LogP) is 3.30. The number of methoxy groups -OCH3 is 1. The molecule has 3 nitrogen and oxygen atoms in total. The van der Waals surface area contributed by atoms with Crippen LogP contribution in [-0.2, 0) is 4.74 Å². The summed E-state index contributed by atoms with van der Waals surface area (Å²) in [5, 5.41) is 3.58. The fourth-order valence-corrected chi connectivity index (χ4v) is 2.76. The molecule has 3 heteroatoms.